The third kappa shape index (κ3) is 1.78. The second-order valence-electron chi connectivity index (χ2n) is 3.06. The quantitative estimate of drug-likeness (QED) is 0.736. The summed E-state index contributed by atoms with van der Waals surface area (Å²) in [6.07, 6.45) is 4.02. The highest BCUT2D eigenvalue weighted by atomic mass is 16.5. The third-order valence-corrected chi connectivity index (χ3v) is 2.09. The zero-order valence-electron chi connectivity index (χ0n) is 7.71. The summed E-state index contributed by atoms with van der Waals surface area (Å²) >= 11 is 0. The van der Waals surface area contributed by atoms with Crippen LogP contribution in [0.5, 0.6) is 0 Å². The molecule has 0 amide bonds. The molecule has 0 unspecified atom stereocenters. The Bertz CT molecular complexity index is 316. The van der Waals surface area contributed by atoms with E-state index < -0.39 is 0 Å². The Morgan fingerprint density at radius 1 is 1.62 bits per heavy atom. The summed E-state index contributed by atoms with van der Waals surface area (Å²) in [4.78, 5) is 4.27. The Balaban J connectivity index is 2.19. The fraction of sp³-hybridized carbons (Fsp3) is 0.556. The van der Waals surface area contributed by atoms with E-state index in [-0.39, 0.29) is 0 Å². The minimum absolute atomic E-state index is 0.670. The first-order chi connectivity index (χ1) is 6.40. The standard InChI is InChI=1S/C9H13N3O/c1-2-8-11-9(13-12-8)7-4-3-5-10-6-7/h4,10H,2-3,5-6H2,1H3. The van der Waals surface area contributed by atoms with E-state index in [9.17, 15) is 0 Å². The van der Waals surface area contributed by atoms with Crippen molar-refractivity contribution in [1.82, 2.24) is 15.5 Å². The molecule has 1 N–H and O–H groups in total. The molecule has 2 rings (SSSR count). The number of hydrogen-bond acceptors (Lipinski definition) is 4. The lowest BCUT2D eigenvalue weighted by Crippen LogP contribution is -2.21. The Hall–Kier alpha value is -1.16. The first kappa shape index (κ1) is 8.44. The molecule has 0 fully saturated rings. The van der Waals surface area contributed by atoms with Crippen molar-refractivity contribution in [3.8, 4) is 0 Å². The van der Waals surface area contributed by atoms with E-state index in [0.29, 0.717) is 5.89 Å². The van der Waals surface area contributed by atoms with Crippen molar-refractivity contribution in [3.63, 3.8) is 0 Å². The first-order valence-corrected chi connectivity index (χ1v) is 4.63. The van der Waals surface area contributed by atoms with Gasteiger partial charge in [0, 0.05) is 18.5 Å². The number of rotatable bonds is 2. The lowest BCUT2D eigenvalue weighted by atomic mass is 10.1. The number of nitrogens with one attached hydrogen (secondary N) is 1. The smallest absolute Gasteiger partial charge is 0.254 e. The number of hydrogen-bond donors (Lipinski definition) is 1. The zero-order chi connectivity index (χ0) is 9.10. The maximum absolute atomic E-state index is 5.13. The summed E-state index contributed by atoms with van der Waals surface area (Å²) in [6, 6.07) is 0. The van der Waals surface area contributed by atoms with Gasteiger partial charge >= 0.3 is 0 Å². The SMILES string of the molecule is CCc1noc(C2=CCCNC2)n1. The van der Waals surface area contributed by atoms with Gasteiger partial charge in [0.2, 0.25) is 0 Å². The fourth-order valence-electron chi connectivity index (χ4n) is 1.33. The van der Waals surface area contributed by atoms with Crippen molar-refractivity contribution < 1.29 is 4.52 Å². The van der Waals surface area contributed by atoms with E-state index in [1.54, 1.807) is 0 Å². The molecule has 1 aromatic heterocycles. The second-order valence-corrected chi connectivity index (χ2v) is 3.06. The van der Waals surface area contributed by atoms with Crippen molar-refractivity contribution >= 4 is 5.57 Å². The summed E-state index contributed by atoms with van der Waals surface area (Å²) in [6.45, 7) is 3.89. The highest BCUT2D eigenvalue weighted by Crippen LogP contribution is 2.14. The molecule has 70 valence electrons. The van der Waals surface area contributed by atoms with Crippen molar-refractivity contribution in [2.75, 3.05) is 13.1 Å². The number of aryl methyl sites for hydroxylation is 1. The Morgan fingerprint density at radius 2 is 2.54 bits per heavy atom. The monoisotopic (exact) mass is 179 g/mol. The van der Waals surface area contributed by atoms with Crippen LogP contribution in [0.4, 0.5) is 0 Å². The molecule has 0 aliphatic carbocycles. The van der Waals surface area contributed by atoms with Crippen LogP contribution in [0, 0.1) is 0 Å². The topological polar surface area (TPSA) is 51.0 Å². The number of nitrogens with zero attached hydrogens (tertiary/aromatic N) is 2. The van der Waals surface area contributed by atoms with E-state index >= 15 is 0 Å². The van der Waals surface area contributed by atoms with Crippen molar-refractivity contribution in [3.05, 3.63) is 17.8 Å². The highest BCUT2D eigenvalue weighted by Gasteiger charge is 2.12. The molecule has 0 atom stereocenters. The molecule has 1 aliphatic rings. The minimum Gasteiger partial charge on any atom is -0.334 e. The van der Waals surface area contributed by atoms with E-state index in [4.69, 9.17) is 4.52 Å². The average Bonchev–Trinajstić information content (AvgIpc) is 2.67. The van der Waals surface area contributed by atoms with Gasteiger partial charge in [0.05, 0.1) is 0 Å². The van der Waals surface area contributed by atoms with Gasteiger partial charge in [0.1, 0.15) is 0 Å². The first-order valence-electron chi connectivity index (χ1n) is 4.63. The van der Waals surface area contributed by atoms with Crippen molar-refractivity contribution in [2.24, 2.45) is 0 Å². The summed E-state index contributed by atoms with van der Waals surface area (Å²) in [5.41, 5.74) is 1.12. The lowest BCUT2D eigenvalue weighted by molar-refractivity contribution is 0.399. The summed E-state index contributed by atoms with van der Waals surface area (Å²) < 4.78 is 5.13. The van der Waals surface area contributed by atoms with Gasteiger partial charge in [-0.15, -0.1) is 0 Å². The molecule has 13 heavy (non-hydrogen) atoms. The predicted octanol–water partition coefficient (Wildman–Crippen LogP) is 1.01. The zero-order valence-corrected chi connectivity index (χ0v) is 7.71. The van der Waals surface area contributed by atoms with Crippen LogP contribution in [-0.2, 0) is 6.42 Å². The molecule has 0 radical (unpaired) electrons. The van der Waals surface area contributed by atoms with Crippen LogP contribution in [0.15, 0.2) is 10.6 Å². The highest BCUT2D eigenvalue weighted by molar-refractivity contribution is 5.60. The van der Waals surface area contributed by atoms with E-state index in [1.807, 2.05) is 6.92 Å². The molecule has 0 saturated carbocycles. The van der Waals surface area contributed by atoms with Crippen molar-refractivity contribution in [1.29, 1.82) is 0 Å². The summed E-state index contributed by atoms with van der Waals surface area (Å²) in [5, 5.41) is 7.12. The van der Waals surface area contributed by atoms with E-state index in [2.05, 4.69) is 21.5 Å². The Kier molecular flexibility index (Phi) is 2.40. The Morgan fingerprint density at radius 3 is 3.15 bits per heavy atom. The van der Waals surface area contributed by atoms with Gasteiger partial charge in [-0.05, 0) is 13.0 Å². The summed E-state index contributed by atoms with van der Waals surface area (Å²) in [5.74, 6) is 1.45. The molecular formula is C9H13N3O. The average molecular weight is 179 g/mol. The molecule has 0 aromatic carbocycles. The second kappa shape index (κ2) is 3.70. The van der Waals surface area contributed by atoms with Crippen LogP contribution in [0.2, 0.25) is 0 Å². The van der Waals surface area contributed by atoms with Crippen LogP contribution in [0.3, 0.4) is 0 Å². The van der Waals surface area contributed by atoms with Crippen LogP contribution < -0.4 is 5.32 Å². The minimum atomic E-state index is 0.670. The van der Waals surface area contributed by atoms with Crippen LogP contribution in [0.25, 0.3) is 5.57 Å². The molecule has 0 saturated heterocycles. The van der Waals surface area contributed by atoms with Gasteiger partial charge in [-0.2, -0.15) is 4.98 Å². The fourth-order valence-corrected chi connectivity index (χ4v) is 1.33. The van der Waals surface area contributed by atoms with Gasteiger partial charge in [0.15, 0.2) is 5.82 Å². The van der Waals surface area contributed by atoms with E-state index in [0.717, 1.165) is 37.3 Å². The van der Waals surface area contributed by atoms with Crippen molar-refractivity contribution in [2.45, 2.75) is 19.8 Å². The molecule has 4 nitrogen and oxygen atoms in total. The predicted molar refractivity (Wildman–Crippen MR) is 49.1 cm³/mol. The maximum atomic E-state index is 5.13. The molecule has 0 bridgehead atoms. The largest absolute Gasteiger partial charge is 0.334 e. The van der Waals surface area contributed by atoms with Crippen LogP contribution >= 0.6 is 0 Å². The summed E-state index contributed by atoms with van der Waals surface area (Å²) in [7, 11) is 0. The molecule has 1 aliphatic heterocycles. The molecule has 1 aromatic rings. The van der Waals surface area contributed by atoms with Gasteiger partial charge < -0.3 is 9.84 Å². The Labute approximate surface area is 77.0 Å². The van der Waals surface area contributed by atoms with Gasteiger partial charge in [0.25, 0.3) is 5.89 Å². The van der Waals surface area contributed by atoms with Gasteiger partial charge in [-0.25, -0.2) is 0 Å². The van der Waals surface area contributed by atoms with Crippen LogP contribution in [-0.4, -0.2) is 23.2 Å². The van der Waals surface area contributed by atoms with Gasteiger partial charge in [-0.1, -0.05) is 18.2 Å². The normalized spacial score (nSPS) is 17.2. The third-order valence-electron chi connectivity index (χ3n) is 2.09. The molecule has 0 spiro atoms. The molecule has 4 heteroatoms. The molecule has 2 heterocycles. The van der Waals surface area contributed by atoms with E-state index in [1.165, 1.54) is 0 Å². The van der Waals surface area contributed by atoms with Gasteiger partial charge in [-0.3, -0.25) is 0 Å². The van der Waals surface area contributed by atoms with Crippen LogP contribution in [0.1, 0.15) is 25.1 Å². The lowest BCUT2D eigenvalue weighted by Gasteiger charge is -2.09. The maximum Gasteiger partial charge on any atom is 0.254 e. The molecular weight excluding hydrogens is 166 g/mol. The number of aromatic nitrogens is 2.